The number of thioether (sulfide) groups is 1. The fourth-order valence-electron chi connectivity index (χ4n) is 0.814. The Hall–Kier alpha value is -0.960. The van der Waals surface area contributed by atoms with Crippen molar-refractivity contribution < 1.29 is 9.90 Å². The van der Waals surface area contributed by atoms with E-state index in [0.29, 0.717) is 5.56 Å². The van der Waals surface area contributed by atoms with Crippen molar-refractivity contribution in [2.75, 3.05) is 6.26 Å². The third-order valence-electron chi connectivity index (χ3n) is 1.34. The van der Waals surface area contributed by atoms with E-state index >= 15 is 0 Å². The van der Waals surface area contributed by atoms with Crippen LogP contribution in [0.5, 0.6) is 5.75 Å². The summed E-state index contributed by atoms with van der Waals surface area (Å²) < 4.78 is 0. The molecule has 0 saturated heterocycles. The van der Waals surface area contributed by atoms with Crippen molar-refractivity contribution in [3.05, 3.63) is 23.8 Å². The van der Waals surface area contributed by atoms with E-state index in [9.17, 15) is 4.79 Å². The molecule has 0 radical (unpaired) electrons. The molecule has 1 aromatic rings. The molecular formula is C8H8O2S. The number of phenolic OH excluding ortho intramolecular Hbond substituents is 1. The number of carbonyl (C=O) groups excluding carboxylic acids is 1. The second kappa shape index (κ2) is 3.44. The van der Waals surface area contributed by atoms with Crippen molar-refractivity contribution in [3.63, 3.8) is 0 Å². The fourth-order valence-corrected chi connectivity index (χ4v) is 1.36. The number of hydrogen-bond donors (Lipinski definition) is 1. The Bertz CT molecular complexity index is 271. The van der Waals surface area contributed by atoms with Crippen LogP contribution in [0.15, 0.2) is 23.1 Å². The molecule has 11 heavy (non-hydrogen) atoms. The lowest BCUT2D eigenvalue weighted by molar-refractivity contribution is 0.112. The number of carbonyl (C=O) groups is 1. The lowest BCUT2D eigenvalue weighted by Gasteiger charge is -1.99. The van der Waals surface area contributed by atoms with Crippen molar-refractivity contribution in [2.24, 2.45) is 0 Å². The maximum Gasteiger partial charge on any atom is 0.151 e. The Labute approximate surface area is 69.2 Å². The Kier molecular flexibility index (Phi) is 2.54. The predicted molar refractivity (Wildman–Crippen MR) is 45.3 cm³/mol. The zero-order valence-electron chi connectivity index (χ0n) is 6.07. The number of hydrogen-bond acceptors (Lipinski definition) is 3. The molecular weight excluding hydrogens is 160 g/mol. The van der Waals surface area contributed by atoms with Gasteiger partial charge in [0.05, 0.1) is 0 Å². The summed E-state index contributed by atoms with van der Waals surface area (Å²) in [7, 11) is 0. The van der Waals surface area contributed by atoms with Crippen LogP contribution in [0.1, 0.15) is 10.4 Å². The van der Waals surface area contributed by atoms with Gasteiger partial charge in [-0.2, -0.15) is 0 Å². The maximum atomic E-state index is 10.4. The molecule has 0 aliphatic rings. The van der Waals surface area contributed by atoms with Gasteiger partial charge in [-0.05, 0) is 24.5 Å². The molecule has 0 amide bonds. The van der Waals surface area contributed by atoms with Crippen LogP contribution in [0.25, 0.3) is 0 Å². The highest BCUT2D eigenvalue weighted by Crippen LogP contribution is 2.22. The van der Waals surface area contributed by atoms with Crippen molar-refractivity contribution >= 4 is 18.0 Å². The third kappa shape index (κ3) is 1.74. The van der Waals surface area contributed by atoms with E-state index in [-0.39, 0.29) is 5.75 Å². The van der Waals surface area contributed by atoms with Crippen LogP contribution in [-0.2, 0) is 0 Å². The largest absolute Gasteiger partial charge is 0.508 e. The normalized spacial score (nSPS) is 9.55. The smallest absolute Gasteiger partial charge is 0.151 e. The van der Waals surface area contributed by atoms with E-state index < -0.39 is 0 Å². The van der Waals surface area contributed by atoms with Crippen LogP contribution in [0, 0.1) is 0 Å². The molecule has 0 unspecified atom stereocenters. The molecule has 0 aliphatic heterocycles. The third-order valence-corrected chi connectivity index (χ3v) is 2.15. The second-order valence-corrected chi connectivity index (χ2v) is 2.89. The second-order valence-electron chi connectivity index (χ2n) is 2.04. The highest BCUT2D eigenvalue weighted by Gasteiger charge is 1.99. The first-order valence-corrected chi connectivity index (χ1v) is 4.32. The van der Waals surface area contributed by atoms with Gasteiger partial charge in [0, 0.05) is 10.5 Å². The summed E-state index contributed by atoms with van der Waals surface area (Å²) in [4.78, 5) is 11.3. The first-order chi connectivity index (χ1) is 5.27. The van der Waals surface area contributed by atoms with Crippen LogP contribution < -0.4 is 0 Å². The average Bonchev–Trinajstić information content (AvgIpc) is 2.04. The first-order valence-electron chi connectivity index (χ1n) is 3.10. The van der Waals surface area contributed by atoms with E-state index in [2.05, 4.69) is 0 Å². The maximum absolute atomic E-state index is 10.4. The molecule has 0 fully saturated rings. The van der Waals surface area contributed by atoms with Crippen LogP contribution in [0.4, 0.5) is 0 Å². The van der Waals surface area contributed by atoms with Gasteiger partial charge in [-0.25, -0.2) is 0 Å². The zero-order chi connectivity index (χ0) is 8.27. The highest BCUT2D eigenvalue weighted by molar-refractivity contribution is 7.98. The van der Waals surface area contributed by atoms with Crippen LogP contribution in [0.2, 0.25) is 0 Å². The molecule has 2 nitrogen and oxygen atoms in total. The molecule has 1 N–H and O–H groups in total. The van der Waals surface area contributed by atoms with E-state index in [1.54, 1.807) is 12.1 Å². The molecule has 3 heteroatoms. The summed E-state index contributed by atoms with van der Waals surface area (Å²) in [5, 5.41) is 9.00. The molecule has 0 aromatic heterocycles. The predicted octanol–water partition coefficient (Wildman–Crippen LogP) is 1.93. The molecule has 58 valence electrons. The minimum absolute atomic E-state index is 0.130. The van der Waals surface area contributed by atoms with Gasteiger partial charge >= 0.3 is 0 Å². The van der Waals surface area contributed by atoms with Crippen molar-refractivity contribution in [3.8, 4) is 5.75 Å². The lowest BCUT2D eigenvalue weighted by atomic mass is 10.2. The van der Waals surface area contributed by atoms with Gasteiger partial charge in [0.2, 0.25) is 0 Å². The molecule has 1 aromatic carbocycles. The summed E-state index contributed by atoms with van der Waals surface area (Å²) in [6.07, 6.45) is 2.63. The average molecular weight is 168 g/mol. The van der Waals surface area contributed by atoms with E-state index in [1.165, 1.54) is 17.8 Å². The number of aldehydes is 1. The summed E-state index contributed by atoms with van der Waals surface area (Å²) in [6.45, 7) is 0. The van der Waals surface area contributed by atoms with Gasteiger partial charge in [0.25, 0.3) is 0 Å². The van der Waals surface area contributed by atoms with Crippen molar-refractivity contribution in [2.45, 2.75) is 4.90 Å². The topological polar surface area (TPSA) is 37.3 Å². The summed E-state index contributed by atoms with van der Waals surface area (Å²) in [6, 6.07) is 4.75. The monoisotopic (exact) mass is 168 g/mol. The molecule has 0 heterocycles. The van der Waals surface area contributed by atoms with Crippen molar-refractivity contribution in [1.29, 1.82) is 0 Å². The van der Waals surface area contributed by atoms with E-state index in [4.69, 9.17) is 5.11 Å². The SMILES string of the molecule is CSc1ccc(O)cc1C=O. The van der Waals surface area contributed by atoms with Gasteiger partial charge in [0.1, 0.15) is 5.75 Å². The standard InChI is InChI=1S/C8H8O2S/c1-11-8-3-2-7(10)4-6(8)5-9/h2-5,10H,1H3. The Balaban J connectivity index is 3.16. The Morgan fingerprint density at radius 3 is 2.82 bits per heavy atom. The molecule has 0 saturated carbocycles. The molecule has 1 rings (SSSR count). The summed E-state index contributed by atoms with van der Waals surface area (Å²) >= 11 is 1.49. The molecule has 0 bridgehead atoms. The number of phenols is 1. The summed E-state index contributed by atoms with van der Waals surface area (Å²) in [5.41, 5.74) is 0.539. The van der Waals surface area contributed by atoms with Crippen molar-refractivity contribution in [1.82, 2.24) is 0 Å². The quantitative estimate of drug-likeness (QED) is 0.541. The number of aromatic hydroxyl groups is 1. The lowest BCUT2D eigenvalue weighted by Crippen LogP contribution is -1.82. The highest BCUT2D eigenvalue weighted by atomic mass is 32.2. The first kappa shape index (κ1) is 8.14. The van der Waals surface area contributed by atoms with Gasteiger partial charge < -0.3 is 5.11 Å². The van der Waals surface area contributed by atoms with E-state index in [1.807, 2.05) is 6.26 Å². The van der Waals surface area contributed by atoms with E-state index in [0.717, 1.165) is 11.2 Å². The molecule has 0 spiro atoms. The van der Waals surface area contributed by atoms with Gasteiger partial charge in [-0.15, -0.1) is 11.8 Å². The van der Waals surface area contributed by atoms with Crippen LogP contribution in [-0.4, -0.2) is 17.6 Å². The molecule has 0 aliphatic carbocycles. The van der Waals surface area contributed by atoms with Crippen LogP contribution in [0.3, 0.4) is 0 Å². The van der Waals surface area contributed by atoms with Gasteiger partial charge in [-0.1, -0.05) is 0 Å². The minimum atomic E-state index is 0.130. The number of benzene rings is 1. The Morgan fingerprint density at radius 1 is 1.55 bits per heavy atom. The van der Waals surface area contributed by atoms with Crippen LogP contribution >= 0.6 is 11.8 Å². The Morgan fingerprint density at radius 2 is 2.27 bits per heavy atom. The number of rotatable bonds is 2. The zero-order valence-corrected chi connectivity index (χ0v) is 6.89. The molecule has 0 atom stereocenters. The minimum Gasteiger partial charge on any atom is -0.508 e. The van der Waals surface area contributed by atoms with Gasteiger partial charge in [-0.3, -0.25) is 4.79 Å². The van der Waals surface area contributed by atoms with Gasteiger partial charge in [0.15, 0.2) is 6.29 Å². The summed E-state index contributed by atoms with van der Waals surface area (Å²) in [5.74, 6) is 0.130. The fraction of sp³-hybridized carbons (Fsp3) is 0.125.